The maximum absolute atomic E-state index is 13.4. The van der Waals surface area contributed by atoms with E-state index in [1.807, 2.05) is 0 Å². The summed E-state index contributed by atoms with van der Waals surface area (Å²) in [5.74, 6) is -3.17. The summed E-state index contributed by atoms with van der Waals surface area (Å²) < 4.78 is 52.5. The van der Waals surface area contributed by atoms with E-state index in [1.165, 1.54) is 24.3 Å². The maximum Gasteiger partial charge on any atom is 0.267 e. The Balaban J connectivity index is 2.28. The average Bonchev–Trinajstić information content (AvgIpc) is 2.38. The summed E-state index contributed by atoms with van der Waals surface area (Å²) >= 11 is 3.15. The zero-order valence-electron chi connectivity index (χ0n) is 10.3. The Kier molecular flexibility index (Phi) is 4.38. The Morgan fingerprint density at radius 3 is 2.24 bits per heavy atom. The molecule has 4 nitrogen and oxygen atoms in total. The van der Waals surface area contributed by atoms with Crippen LogP contribution in [0.3, 0.4) is 0 Å². The van der Waals surface area contributed by atoms with Crippen molar-refractivity contribution in [1.82, 2.24) is 4.72 Å². The lowest BCUT2D eigenvalue weighted by Crippen LogP contribution is -2.31. The maximum atomic E-state index is 13.4. The van der Waals surface area contributed by atoms with Crippen LogP contribution in [0.15, 0.2) is 51.8 Å². The van der Waals surface area contributed by atoms with E-state index >= 15 is 0 Å². The number of amides is 1. The first-order valence-corrected chi connectivity index (χ1v) is 7.85. The molecule has 0 atom stereocenters. The van der Waals surface area contributed by atoms with E-state index in [-0.39, 0.29) is 4.90 Å². The van der Waals surface area contributed by atoms with E-state index in [9.17, 15) is 22.0 Å². The minimum atomic E-state index is -4.13. The molecule has 1 amide bonds. The Morgan fingerprint density at radius 1 is 1.05 bits per heavy atom. The summed E-state index contributed by atoms with van der Waals surface area (Å²) in [4.78, 5) is 11.6. The Labute approximate surface area is 128 Å². The van der Waals surface area contributed by atoms with Crippen LogP contribution in [-0.4, -0.2) is 14.3 Å². The lowest BCUT2D eigenvalue weighted by atomic mass is 10.2. The van der Waals surface area contributed by atoms with Crippen LogP contribution in [0.4, 0.5) is 8.78 Å². The molecule has 8 heteroatoms. The van der Waals surface area contributed by atoms with Crippen molar-refractivity contribution >= 4 is 31.9 Å². The van der Waals surface area contributed by atoms with Gasteiger partial charge in [-0.3, -0.25) is 4.79 Å². The van der Waals surface area contributed by atoms with E-state index in [0.717, 1.165) is 12.1 Å². The second kappa shape index (κ2) is 5.90. The van der Waals surface area contributed by atoms with E-state index in [1.54, 1.807) is 4.72 Å². The van der Waals surface area contributed by atoms with Gasteiger partial charge in [0.1, 0.15) is 11.6 Å². The van der Waals surface area contributed by atoms with E-state index < -0.39 is 33.1 Å². The zero-order valence-corrected chi connectivity index (χ0v) is 12.7. The number of halogens is 3. The molecule has 2 rings (SSSR count). The Bertz CT molecular complexity index is 792. The van der Waals surface area contributed by atoms with E-state index in [0.29, 0.717) is 10.5 Å². The van der Waals surface area contributed by atoms with Crippen molar-refractivity contribution in [2.45, 2.75) is 4.90 Å². The number of carbonyl (C=O) groups is 1. The quantitative estimate of drug-likeness (QED) is 0.896. The van der Waals surface area contributed by atoms with Gasteiger partial charge in [-0.2, -0.15) is 0 Å². The van der Waals surface area contributed by atoms with Crippen LogP contribution in [0.25, 0.3) is 0 Å². The lowest BCUT2D eigenvalue weighted by molar-refractivity contribution is 0.0977. The second-order valence-electron chi connectivity index (χ2n) is 4.01. The average molecular weight is 376 g/mol. The van der Waals surface area contributed by atoms with Crippen LogP contribution in [0.1, 0.15) is 10.4 Å². The summed E-state index contributed by atoms with van der Waals surface area (Å²) in [5.41, 5.74) is -0.558. The van der Waals surface area contributed by atoms with Gasteiger partial charge in [-0.15, -0.1) is 0 Å². The monoisotopic (exact) mass is 375 g/mol. The molecule has 110 valence electrons. The molecule has 0 radical (unpaired) electrons. The van der Waals surface area contributed by atoms with Crippen molar-refractivity contribution in [3.05, 3.63) is 64.1 Å². The van der Waals surface area contributed by atoms with Crippen molar-refractivity contribution in [3.8, 4) is 0 Å². The first-order valence-electron chi connectivity index (χ1n) is 5.57. The van der Waals surface area contributed by atoms with Gasteiger partial charge >= 0.3 is 0 Å². The first kappa shape index (κ1) is 15.6. The van der Waals surface area contributed by atoms with Crippen LogP contribution >= 0.6 is 15.9 Å². The number of carbonyl (C=O) groups excluding carboxylic acids is 1. The highest BCUT2D eigenvalue weighted by molar-refractivity contribution is 9.10. The molecule has 2 aromatic carbocycles. The first-order chi connectivity index (χ1) is 9.79. The molecule has 0 aliphatic rings. The predicted octanol–water partition coefficient (Wildman–Crippen LogP) is 2.85. The highest BCUT2D eigenvalue weighted by Crippen LogP contribution is 2.16. The molecule has 0 bridgehead atoms. The highest BCUT2D eigenvalue weighted by atomic mass is 79.9. The number of benzene rings is 2. The summed E-state index contributed by atoms with van der Waals surface area (Å²) in [5, 5.41) is 0. The number of nitrogens with one attached hydrogen (secondary N) is 1. The number of rotatable bonds is 3. The van der Waals surface area contributed by atoms with Crippen molar-refractivity contribution in [2.24, 2.45) is 0 Å². The van der Waals surface area contributed by atoms with E-state index in [2.05, 4.69) is 15.9 Å². The van der Waals surface area contributed by atoms with Crippen LogP contribution in [0.2, 0.25) is 0 Å². The van der Waals surface area contributed by atoms with Gasteiger partial charge in [0.15, 0.2) is 0 Å². The molecule has 0 unspecified atom stereocenters. The summed E-state index contributed by atoms with van der Waals surface area (Å²) in [6.45, 7) is 0. The summed E-state index contributed by atoms with van der Waals surface area (Å²) in [6, 6.07) is 7.76. The molecule has 21 heavy (non-hydrogen) atoms. The molecular weight excluding hydrogens is 368 g/mol. The highest BCUT2D eigenvalue weighted by Gasteiger charge is 2.21. The third-order valence-corrected chi connectivity index (χ3v) is 4.40. The van der Waals surface area contributed by atoms with Gasteiger partial charge in [0.05, 0.1) is 10.5 Å². The summed E-state index contributed by atoms with van der Waals surface area (Å²) in [6.07, 6.45) is 0. The molecule has 0 fully saturated rings. The van der Waals surface area contributed by atoms with E-state index in [4.69, 9.17) is 0 Å². The van der Waals surface area contributed by atoms with Crippen LogP contribution < -0.4 is 4.72 Å². The number of hydrogen-bond acceptors (Lipinski definition) is 3. The van der Waals surface area contributed by atoms with Gasteiger partial charge in [-0.05, 0) is 36.4 Å². The normalized spacial score (nSPS) is 11.2. The third kappa shape index (κ3) is 3.64. The largest absolute Gasteiger partial charge is 0.268 e. The molecule has 1 N–H and O–H groups in total. The van der Waals surface area contributed by atoms with Gasteiger partial charge in [0.2, 0.25) is 0 Å². The molecule has 0 spiro atoms. The standard InChI is InChI=1S/C13H8BrF2NO3S/c14-8-1-4-10(5-2-8)21(19,20)17-13(18)11-6-3-9(15)7-12(11)16/h1-7H,(H,17,18). The molecule has 0 aliphatic heterocycles. The molecule has 0 saturated heterocycles. The van der Waals surface area contributed by atoms with Gasteiger partial charge in [0, 0.05) is 10.5 Å². The summed E-state index contributed by atoms with van der Waals surface area (Å²) in [7, 11) is -4.13. The number of sulfonamides is 1. The van der Waals surface area contributed by atoms with Gasteiger partial charge in [0.25, 0.3) is 15.9 Å². The second-order valence-corrected chi connectivity index (χ2v) is 6.61. The topological polar surface area (TPSA) is 63.2 Å². The Hall–Kier alpha value is -1.80. The van der Waals surface area contributed by atoms with Gasteiger partial charge in [-0.25, -0.2) is 21.9 Å². The molecule has 0 aliphatic carbocycles. The lowest BCUT2D eigenvalue weighted by Gasteiger charge is -2.07. The molecule has 0 aromatic heterocycles. The van der Waals surface area contributed by atoms with Crippen molar-refractivity contribution in [1.29, 1.82) is 0 Å². The smallest absolute Gasteiger partial charge is 0.267 e. The molecular formula is C13H8BrF2NO3S. The third-order valence-electron chi connectivity index (χ3n) is 2.53. The van der Waals surface area contributed by atoms with Crippen molar-refractivity contribution < 1.29 is 22.0 Å². The molecule has 0 heterocycles. The fourth-order valence-electron chi connectivity index (χ4n) is 1.52. The predicted molar refractivity (Wildman–Crippen MR) is 75.2 cm³/mol. The number of hydrogen-bond donors (Lipinski definition) is 1. The zero-order chi connectivity index (χ0) is 15.6. The minimum Gasteiger partial charge on any atom is -0.268 e. The van der Waals surface area contributed by atoms with Gasteiger partial charge in [-0.1, -0.05) is 15.9 Å². The minimum absolute atomic E-state index is 0.151. The van der Waals surface area contributed by atoms with Crippen LogP contribution in [0, 0.1) is 11.6 Å². The van der Waals surface area contributed by atoms with Crippen LogP contribution in [-0.2, 0) is 10.0 Å². The van der Waals surface area contributed by atoms with Crippen molar-refractivity contribution in [3.63, 3.8) is 0 Å². The van der Waals surface area contributed by atoms with Crippen LogP contribution in [0.5, 0.6) is 0 Å². The molecule has 0 saturated carbocycles. The molecule has 2 aromatic rings. The Morgan fingerprint density at radius 2 is 1.67 bits per heavy atom. The SMILES string of the molecule is O=C(NS(=O)(=O)c1ccc(Br)cc1)c1ccc(F)cc1F. The van der Waals surface area contributed by atoms with Crippen molar-refractivity contribution in [2.75, 3.05) is 0 Å². The fraction of sp³-hybridized carbons (Fsp3) is 0. The fourth-order valence-corrected chi connectivity index (χ4v) is 2.75. The van der Waals surface area contributed by atoms with Gasteiger partial charge < -0.3 is 0 Å².